The molecule has 1 atom stereocenters. The van der Waals surface area contributed by atoms with Crippen molar-refractivity contribution in [2.24, 2.45) is 4.99 Å². The lowest BCUT2D eigenvalue weighted by Crippen LogP contribution is -2.39. The Morgan fingerprint density at radius 1 is 1.23 bits per heavy atom. The lowest BCUT2D eigenvalue weighted by atomic mass is 9.95. The molecule has 0 spiro atoms. The van der Waals surface area contributed by atoms with E-state index >= 15 is 0 Å². The van der Waals surface area contributed by atoms with E-state index in [-0.39, 0.29) is 12.2 Å². The number of ether oxygens (including phenoxy) is 3. The van der Waals surface area contributed by atoms with Gasteiger partial charge in [-0.05, 0) is 76.4 Å². The average Bonchev–Trinajstić information content (AvgIpc) is 3.30. The molecular weight excluding hydrogens is 604 g/mol. The van der Waals surface area contributed by atoms with Crippen molar-refractivity contribution in [1.82, 2.24) is 4.57 Å². The Morgan fingerprint density at radius 3 is 2.63 bits per heavy atom. The van der Waals surface area contributed by atoms with Crippen LogP contribution in [0.3, 0.4) is 0 Å². The highest BCUT2D eigenvalue weighted by atomic mass is 79.9. The highest BCUT2D eigenvalue weighted by molar-refractivity contribution is 9.13. The molecule has 1 aromatic carbocycles. The summed E-state index contributed by atoms with van der Waals surface area (Å²) in [4.78, 5) is 31.7. The molecule has 0 saturated carbocycles. The highest BCUT2D eigenvalue weighted by Gasteiger charge is 2.34. The molecule has 1 aliphatic rings. The van der Waals surface area contributed by atoms with Gasteiger partial charge in [0.05, 0.1) is 46.6 Å². The van der Waals surface area contributed by atoms with Gasteiger partial charge in [0.2, 0.25) is 0 Å². The van der Waals surface area contributed by atoms with Gasteiger partial charge in [-0.3, -0.25) is 9.36 Å². The number of carbonyl (C=O) groups excluding carboxylic acids is 1. The minimum atomic E-state index is -0.757. The van der Waals surface area contributed by atoms with Crippen LogP contribution in [0.1, 0.15) is 38.1 Å². The van der Waals surface area contributed by atoms with E-state index in [2.05, 4.69) is 36.9 Å². The third-order valence-corrected chi connectivity index (χ3v) is 7.95. The number of halogens is 2. The molecule has 1 aliphatic heterocycles. The number of carbonyl (C=O) groups is 1. The second-order valence-electron chi connectivity index (χ2n) is 7.42. The van der Waals surface area contributed by atoms with Gasteiger partial charge in [-0.15, -0.1) is 0 Å². The van der Waals surface area contributed by atoms with E-state index in [0.717, 1.165) is 4.47 Å². The number of nitrogens with zero attached hydrogens (tertiary/aromatic N) is 2. The molecule has 3 aromatic rings. The van der Waals surface area contributed by atoms with Crippen LogP contribution in [0.2, 0.25) is 0 Å². The summed E-state index contributed by atoms with van der Waals surface area (Å²) in [5, 5.41) is 0. The van der Waals surface area contributed by atoms with Crippen LogP contribution >= 0.6 is 43.2 Å². The number of allylic oxidation sites excluding steroid dienone is 1. The van der Waals surface area contributed by atoms with Crippen LogP contribution in [0.4, 0.5) is 0 Å². The van der Waals surface area contributed by atoms with E-state index in [1.807, 2.05) is 13.0 Å². The average molecular weight is 626 g/mol. The Hall–Kier alpha value is -2.63. The summed E-state index contributed by atoms with van der Waals surface area (Å²) in [6.07, 6.45) is 1.65. The first-order valence-electron chi connectivity index (χ1n) is 10.7. The number of benzene rings is 1. The van der Waals surface area contributed by atoms with Crippen molar-refractivity contribution < 1.29 is 23.4 Å². The number of fused-ring (bicyclic) bond motifs is 1. The van der Waals surface area contributed by atoms with Crippen molar-refractivity contribution in [2.45, 2.75) is 26.8 Å². The van der Waals surface area contributed by atoms with Crippen LogP contribution in [0.5, 0.6) is 11.5 Å². The van der Waals surface area contributed by atoms with Gasteiger partial charge in [0.1, 0.15) is 5.76 Å². The number of hydrogen-bond acceptors (Lipinski definition) is 8. The molecule has 0 unspecified atom stereocenters. The molecule has 8 nitrogen and oxygen atoms in total. The lowest BCUT2D eigenvalue weighted by Gasteiger charge is -2.25. The number of hydrogen-bond donors (Lipinski definition) is 0. The smallest absolute Gasteiger partial charge is 0.338 e. The van der Waals surface area contributed by atoms with Crippen molar-refractivity contribution in [1.29, 1.82) is 0 Å². The Labute approximate surface area is 221 Å². The van der Waals surface area contributed by atoms with Crippen LogP contribution in [0, 0.1) is 0 Å². The maximum atomic E-state index is 13.6. The van der Waals surface area contributed by atoms with E-state index in [9.17, 15) is 9.59 Å². The molecule has 2 aromatic heterocycles. The van der Waals surface area contributed by atoms with Gasteiger partial charge in [0.25, 0.3) is 5.56 Å². The molecule has 0 N–H and O–H groups in total. The molecule has 35 heavy (non-hydrogen) atoms. The number of thiazole rings is 1. The first-order valence-corrected chi connectivity index (χ1v) is 13.1. The van der Waals surface area contributed by atoms with Gasteiger partial charge in [-0.1, -0.05) is 17.4 Å². The van der Waals surface area contributed by atoms with Crippen LogP contribution < -0.4 is 24.4 Å². The summed E-state index contributed by atoms with van der Waals surface area (Å²) >= 11 is 7.91. The molecule has 0 radical (unpaired) electrons. The SMILES string of the molecule is CCOC(=O)C1=C(C)N=c2s/c(=C/c3cc(Br)c(Br)o3)c(=O)n2[C@@H]1c1ccc(OC)c(OCC)c1. The predicted molar refractivity (Wildman–Crippen MR) is 139 cm³/mol. The minimum Gasteiger partial charge on any atom is -0.493 e. The zero-order chi connectivity index (χ0) is 25.3. The van der Waals surface area contributed by atoms with Crippen LogP contribution in [-0.4, -0.2) is 30.9 Å². The quantitative estimate of drug-likeness (QED) is 0.363. The summed E-state index contributed by atoms with van der Waals surface area (Å²) in [6, 6.07) is 6.34. The maximum absolute atomic E-state index is 13.6. The number of methoxy groups -OCH3 is 1. The van der Waals surface area contributed by atoms with E-state index < -0.39 is 12.0 Å². The van der Waals surface area contributed by atoms with Crippen LogP contribution in [0.15, 0.2) is 58.9 Å². The molecule has 0 bridgehead atoms. The number of furan rings is 1. The van der Waals surface area contributed by atoms with Crippen LogP contribution in [0.25, 0.3) is 6.08 Å². The molecule has 4 rings (SSSR count). The van der Waals surface area contributed by atoms with Gasteiger partial charge in [-0.25, -0.2) is 9.79 Å². The fourth-order valence-electron chi connectivity index (χ4n) is 3.80. The molecule has 0 amide bonds. The zero-order valence-corrected chi connectivity index (χ0v) is 23.4. The molecular formula is C24H22Br2N2O6S. The Bertz CT molecular complexity index is 1480. The third kappa shape index (κ3) is 4.89. The first-order chi connectivity index (χ1) is 16.8. The van der Waals surface area contributed by atoms with E-state index in [1.165, 1.54) is 15.9 Å². The van der Waals surface area contributed by atoms with Crippen molar-refractivity contribution in [3.05, 3.63) is 75.7 Å². The van der Waals surface area contributed by atoms with E-state index in [1.54, 1.807) is 45.2 Å². The summed E-state index contributed by atoms with van der Waals surface area (Å²) in [6.45, 7) is 5.97. The number of aromatic nitrogens is 1. The zero-order valence-electron chi connectivity index (χ0n) is 19.4. The Morgan fingerprint density at radius 2 is 2.00 bits per heavy atom. The molecule has 184 valence electrons. The highest BCUT2D eigenvalue weighted by Crippen LogP contribution is 2.36. The fourth-order valence-corrected chi connectivity index (χ4v) is 5.44. The molecule has 3 heterocycles. The molecule has 11 heteroatoms. The Kier molecular flexibility index (Phi) is 7.67. The second-order valence-corrected chi connectivity index (χ2v) is 10.00. The molecule has 0 aliphatic carbocycles. The Balaban J connectivity index is 1.96. The normalized spacial score (nSPS) is 15.6. The van der Waals surface area contributed by atoms with Crippen LogP contribution in [-0.2, 0) is 9.53 Å². The predicted octanol–water partition coefficient (Wildman–Crippen LogP) is 4.32. The number of rotatable bonds is 7. The largest absolute Gasteiger partial charge is 0.493 e. The van der Waals surface area contributed by atoms with Gasteiger partial charge in [-0.2, -0.15) is 0 Å². The monoisotopic (exact) mass is 624 g/mol. The lowest BCUT2D eigenvalue weighted by molar-refractivity contribution is -0.139. The minimum absolute atomic E-state index is 0.196. The first kappa shape index (κ1) is 25.5. The van der Waals surface area contributed by atoms with Gasteiger partial charge >= 0.3 is 5.97 Å². The maximum Gasteiger partial charge on any atom is 0.338 e. The van der Waals surface area contributed by atoms with Crippen molar-refractivity contribution in [3.8, 4) is 11.5 Å². The van der Waals surface area contributed by atoms with E-state index in [4.69, 9.17) is 18.6 Å². The third-order valence-electron chi connectivity index (χ3n) is 5.26. The van der Waals surface area contributed by atoms with Crippen molar-refractivity contribution in [2.75, 3.05) is 20.3 Å². The van der Waals surface area contributed by atoms with Gasteiger partial charge < -0.3 is 18.6 Å². The number of esters is 1. The molecule has 0 fully saturated rings. The summed E-state index contributed by atoms with van der Waals surface area (Å²) in [5.41, 5.74) is 1.15. The summed E-state index contributed by atoms with van der Waals surface area (Å²) in [5.74, 6) is 1.03. The fraction of sp³-hybridized carbons (Fsp3) is 0.292. The van der Waals surface area contributed by atoms with Crippen molar-refractivity contribution >= 4 is 55.2 Å². The second kappa shape index (κ2) is 10.5. The van der Waals surface area contributed by atoms with Gasteiger partial charge in [0, 0.05) is 6.08 Å². The van der Waals surface area contributed by atoms with E-state index in [0.29, 0.717) is 54.7 Å². The summed E-state index contributed by atoms with van der Waals surface area (Å²) in [7, 11) is 1.56. The van der Waals surface area contributed by atoms with Gasteiger partial charge in [0.15, 0.2) is 21.0 Å². The summed E-state index contributed by atoms with van der Waals surface area (Å²) < 4.78 is 25.3. The molecule has 0 saturated heterocycles. The van der Waals surface area contributed by atoms with Crippen molar-refractivity contribution in [3.63, 3.8) is 0 Å². The topological polar surface area (TPSA) is 92.3 Å². The standard InChI is InChI=1S/C24H22Br2N2O6S/c1-5-32-17-9-13(7-8-16(17)31-4)20-19(23(30)33-6-2)12(3)27-24-28(20)22(29)18(35-24)11-14-10-15(25)21(26)34-14/h7-11,20H,5-6H2,1-4H3/b18-11+/t20-/m1/s1.